The fourth-order valence-electron chi connectivity index (χ4n) is 8.10. The molecule has 11 nitrogen and oxygen atoms in total. The molecular formula is C42H52N4O7. The van der Waals surface area contributed by atoms with Gasteiger partial charge in [-0.3, -0.25) is 14.6 Å². The molecule has 1 aliphatic carbocycles. The highest BCUT2D eigenvalue weighted by molar-refractivity contribution is 5.97. The summed E-state index contributed by atoms with van der Waals surface area (Å²) >= 11 is 0. The summed E-state index contributed by atoms with van der Waals surface area (Å²) in [7, 11) is 3.06. The Balaban J connectivity index is 1.39. The minimum Gasteiger partial charge on any atom is -0.469 e. The van der Waals surface area contributed by atoms with E-state index in [0.717, 1.165) is 56.7 Å². The van der Waals surface area contributed by atoms with Crippen LogP contribution in [-0.2, 0) is 36.8 Å². The number of amides is 2. The quantitative estimate of drug-likeness (QED) is 0.174. The lowest BCUT2D eigenvalue weighted by molar-refractivity contribution is -0.145. The average Bonchev–Trinajstić information content (AvgIpc) is 3.76. The molecule has 1 aliphatic heterocycles. The summed E-state index contributed by atoms with van der Waals surface area (Å²) in [6.45, 7) is 13.0. The van der Waals surface area contributed by atoms with Gasteiger partial charge in [-0.25, -0.2) is 4.79 Å². The molecule has 53 heavy (non-hydrogen) atoms. The van der Waals surface area contributed by atoms with Crippen LogP contribution in [-0.4, -0.2) is 83.1 Å². The number of methoxy groups -OCH3 is 2. The Labute approximate surface area is 311 Å². The number of aliphatic hydroxyl groups excluding tert-OH is 1. The minimum absolute atomic E-state index is 0.0301. The van der Waals surface area contributed by atoms with Gasteiger partial charge in [0.05, 0.1) is 24.4 Å². The number of esters is 1. The Bertz CT molecular complexity index is 2010. The zero-order valence-electron chi connectivity index (χ0n) is 32.1. The Morgan fingerprint density at radius 2 is 1.77 bits per heavy atom. The molecular weight excluding hydrogens is 672 g/mol. The number of aromatic nitrogens is 2. The van der Waals surface area contributed by atoms with Gasteiger partial charge in [0.1, 0.15) is 17.7 Å². The van der Waals surface area contributed by atoms with Gasteiger partial charge in [-0.05, 0) is 86.1 Å². The van der Waals surface area contributed by atoms with Gasteiger partial charge in [0.15, 0.2) is 0 Å². The third kappa shape index (κ3) is 7.42. The van der Waals surface area contributed by atoms with Crippen LogP contribution in [0.5, 0.6) is 0 Å². The smallest absolute Gasteiger partial charge is 0.408 e. The van der Waals surface area contributed by atoms with E-state index in [2.05, 4.69) is 61.0 Å². The molecule has 1 saturated heterocycles. The van der Waals surface area contributed by atoms with Gasteiger partial charge < -0.3 is 34.1 Å². The maximum absolute atomic E-state index is 13.9. The van der Waals surface area contributed by atoms with E-state index in [-0.39, 0.29) is 43.5 Å². The summed E-state index contributed by atoms with van der Waals surface area (Å²) < 4.78 is 19.0. The lowest BCUT2D eigenvalue weighted by Gasteiger charge is -2.41. The first-order valence-electron chi connectivity index (χ1n) is 18.4. The van der Waals surface area contributed by atoms with E-state index in [0.29, 0.717) is 13.0 Å². The van der Waals surface area contributed by atoms with Gasteiger partial charge in [0.2, 0.25) is 5.91 Å². The van der Waals surface area contributed by atoms with Crippen molar-refractivity contribution in [3.63, 3.8) is 0 Å². The Morgan fingerprint density at radius 3 is 2.45 bits per heavy atom. The lowest BCUT2D eigenvalue weighted by Crippen LogP contribution is -2.50. The predicted molar refractivity (Wildman–Crippen MR) is 203 cm³/mol. The lowest BCUT2D eigenvalue weighted by atomic mass is 9.67. The highest BCUT2D eigenvalue weighted by Gasteiger charge is 2.46. The number of likely N-dealkylation sites (tertiary alicyclic amines) is 1. The Morgan fingerprint density at radius 1 is 1.02 bits per heavy atom. The highest BCUT2D eigenvalue weighted by atomic mass is 16.6. The van der Waals surface area contributed by atoms with E-state index in [9.17, 15) is 19.5 Å². The molecule has 282 valence electrons. The van der Waals surface area contributed by atoms with E-state index in [1.54, 1.807) is 39.0 Å². The molecule has 1 unspecified atom stereocenters. The van der Waals surface area contributed by atoms with Gasteiger partial charge >= 0.3 is 12.1 Å². The van der Waals surface area contributed by atoms with Crippen molar-refractivity contribution in [1.82, 2.24) is 19.8 Å². The van der Waals surface area contributed by atoms with E-state index >= 15 is 0 Å². The fraction of sp³-hybridized carbons (Fsp3) is 0.476. The van der Waals surface area contributed by atoms with Crippen molar-refractivity contribution in [2.75, 3.05) is 33.9 Å². The van der Waals surface area contributed by atoms with Crippen LogP contribution >= 0.6 is 0 Å². The number of carbonyl (C=O) groups excluding carboxylic acids is 3. The molecule has 0 saturated carbocycles. The summed E-state index contributed by atoms with van der Waals surface area (Å²) in [5, 5.41) is 14.6. The Hall–Kier alpha value is -4.74. The van der Waals surface area contributed by atoms with Gasteiger partial charge in [-0.2, -0.15) is 0 Å². The largest absolute Gasteiger partial charge is 0.469 e. The minimum atomic E-state index is -0.911. The van der Waals surface area contributed by atoms with E-state index in [1.165, 1.54) is 7.11 Å². The monoisotopic (exact) mass is 724 g/mol. The third-order valence-electron chi connectivity index (χ3n) is 10.6. The molecule has 4 atom stereocenters. The number of rotatable bonds is 10. The predicted octanol–water partition coefficient (Wildman–Crippen LogP) is 6.65. The van der Waals surface area contributed by atoms with Crippen molar-refractivity contribution < 1.29 is 33.7 Å². The number of fused-ring (bicyclic) bond motifs is 5. The number of aryl methyl sites for hydroxylation is 1. The summed E-state index contributed by atoms with van der Waals surface area (Å²) in [5.74, 6) is -1.20. The van der Waals surface area contributed by atoms with Crippen LogP contribution in [0.1, 0.15) is 76.8 Å². The molecule has 0 radical (unpaired) electrons. The molecule has 11 heteroatoms. The van der Waals surface area contributed by atoms with Crippen molar-refractivity contribution in [2.45, 2.75) is 84.6 Å². The first-order chi connectivity index (χ1) is 25.2. The maximum Gasteiger partial charge on any atom is 0.408 e. The van der Waals surface area contributed by atoms with Crippen LogP contribution < -0.4 is 5.32 Å². The number of aliphatic hydroxyl groups is 1. The number of pyridine rings is 1. The molecule has 1 fully saturated rings. The molecule has 6 rings (SSSR count). The third-order valence-corrected chi connectivity index (χ3v) is 10.6. The Kier molecular flexibility index (Phi) is 10.7. The second-order valence-corrected chi connectivity index (χ2v) is 15.9. The SMILES string of the molecule is CCn1c2c(c3cc(-c4cccc(C[C@H](NC(=O)OC(C)(C)C)C(=O)N5CC[C@H](C(=O)OC)C5)c4)ccc31)C(C(C)(C)CO)[C@H](OC)c1ncccc1-2. The molecule has 2 N–H and O–H groups in total. The number of alkyl carbamates (subject to hydrolysis) is 1. The summed E-state index contributed by atoms with van der Waals surface area (Å²) in [5.41, 5.74) is 6.76. The summed E-state index contributed by atoms with van der Waals surface area (Å²) in [6, 6.07) is 17.6. The van der Waals surface area contributed by atoms with Crippen LogP contribution in [0.2, 0.25) is 0 Å². The van der Waals surface area contributed by atoms with Crippen LogP contribution in [0.4, 0.5) is 4.79 Å². The van der Waals surface area contributed by atoms with E-state index in [4.69, 9.17) is 19.2 Å². The molecule has 2 aliphatic rings. The van der Waals surface area contributed by atoms with Crippen LogP contribution in [0.15, 0.2) is 60.8 Å². The fourth-order valence-corrected chi connectivity index (χ4v) is 8.10. The zero-order chi connectivity index (χ0) is 38.2. The molecule has 2 amide bonds. The number of hydrogen-bond acceptors (Lipinski definition) is 8. The molecule has 4 aromatic rings. The number of ether oxygens (including phenoxy) is 3. The van der Waals surface area contributed by atoms with Gasteiger partial charge in [0.25, 0.3) is 0 Å². The summed E-state index contributed by atoms with van der Waals surface area (Å²) in [4.78, 5) is 45.6. The van der Waals surface area contributed by atoms with Crippen LogP contribution in [0.3, 0.4) is 0 Å². The molecule has 0 spiro atoms. The van der Waals surface area contributed by atoms with E-state index in [1.807, 2.05) is 24.3 Å². The second-order valence-electron chi connectivity index (χ2n) is 15.9. The standard InChI is InChI=1S/C42H52N4O7/c1-9-46-32-16-15-27(22-30(32)33-34(42(5,6)24-47)37(51-7)35-29(36(33)46)14-11-18-43-35)26-13-10-12-25(20-26)21-31(44-40(50)53-41(2,3)4)38(48)45-19-17-28(23-45)39(49)52-8/h10-16,18,20,22,28,31,34,37,47H,9,17,19,21,23-24H2,1-8H3,(H,44,50)/t28-,31-,34?,37-/m0/s1. The van der Waals surface area contributed by atoms with Gasteiger partial charge in [-0.1, -0.05) is 44.2 Å². The summed E-state index contributed by atoms with van der Waals surface area (Å²) in [6.07, 6.45) is 1.49. The normalized spacial score (nSPS) is 19.0. The average molecular weight is 725 g/mol. The number of nitrogens with one attached hydrogen (secondary N) is 1. The highest BCUT2D eigenvalue weighted by Crippen LogP contribution is 2.56. The number of benzene rings is 2. The first-order valence-corrected chi connectivity index (χ1v) is 18.4. The van der Waals surface area contributed by atoms with Crippen molar-refractivity contribution >= 4 is 28.9 Å². The molecule has 2 aromatic carbocycles. The van der Waals surface area contributed by atoms with Crippen molar-refractivity contribution in [1.29, 1.82) is 0 Å². The van der Waals surface area contributed by atoms with Crippen LogP contribution in [0.25, 0.3) is 33.3 Å². The number of hydrogen-bond donors (Lipinski definition) is 2. The number of carbonyl (C=O) groups is 3. The maximum atomic E-state index is 13.9. The molecule has 2 aromatic heterocycles. The first kappa shape index (κ1) is 38.0. The van der Waals surface area contributed by atoms with Crippen molar-refractivity contribution in [2.24, 2.45) is 11.3 Å². The van der Waals surface area contributed by atoms with Crippen molar-refractivity contribution in [3.8, 4) is 22.4 Å². The van der Waals surface area contributed by atoms with Gasteiger partial charge in [0, 0.05) is 68.4 Å². The second kappa shape index (κ2) is 14.9. The van der Waals surface area contributed by atoms with Crippen LogP contribution in [0, 0.1) is 11.3 Å². The number of nitrogens with zero attached hydrogens (tertiary/aromatic N) is 3. The molecule has 3 heterocycles. The van der Waals surface area contributed by atoms with Gasteiger partial charge in [-0.15, -0.1) is 0 Å². The zero-order valence-corrected chi connectivity index (χ0v) is 32.1. The topological polar surface area (TPSA) is 132 Å². The van der Waals surface area contributed by atoms with E-state index < -0.39 is 29.1 Å². The molecule has 0 bridgehead atoms. The van der Waals surface area contributed by atoms with Crippen molar-refractivity contribution in [3.05, 3.63) is 77.6 Å².